The average molecular weight is 893 g/mol. The minimum Gasteiger partial charge on any atom is -0.310 e. The van der Waals surface area contributed by atoms with Gasteiger partial charge in [0.2, 0.25) is 0 Å². The molecule has 2 heteroatoms. The Bertz CT molecular complexity index is 3670. The number of fused-ring (bicyclic) bond motifs is 10. The topological polar surface area (TPSA) is 6.48 Å². The third kappa shape index (κ3) is 5.93. The summed E-state index contributed by atoms with van der Waals surface area (Å²) in [6, 6.07) is 95.1. The standard InChI is InChI=1S/C68H48N2/c1-67(63-25-13-11-23-59(63)61-37-35-57(43-65(61)67)69(53-31-27-45-15-3-7-19-49(45)39-53)54-32-28-46-16-4-8-20-50(46)40-54)68(2)64-26-14-12-24-60(64)62-38-36-58(44-66(62)68)70(55-33-29-47-17-5-9-21-51(47)41-55)56-34-30-48-18-6-10-22-52(48)42-56/h3-44H,1-2H3. The molecule has 330 valence electrons. The maximum atomic E-state index is 2.53. The van der Waals surface area contributed by atoms with Gasteiger partial charge in [-0.05, 0) is 160 Å². The summed E-state index contributed by atoms with van der Waals surface area (Å²) < 4.78 is 0. The third-order valence-corrected chi connectivity index (χ3v) is 16.1. The molecule has 2 unspecified atom stereocenters. The van der Waals surface area contributed by atoms with E-state index in [1.807, 2.05) is 0 Å². The number of hydrogen-bond donors (Lipinski definition) is 0. The van der Waals surface area contributed by atoms with E-state index in [0.717, 1.165) is 34.1 Å². The van der Waals surface area contributed by atoms with Crippen molar-refractivity contribution >= 4 is 77.2 Å². The number of hydrogen-bond acceptors (Lipinski definition) is 2. The molecule has 0 radical (unpaired) electrons. The van der Waals surface area contributed by atoms with Gasteiger partial charge in [-0.25, -0.2) is 0 Å². The van der Waals surface area contributed by atoms with Crippen molar-refractivity contribution in [3.05, 3.63) is 277 Å². The smallest absolute Gasteiger partial charge is 0.0468 e. The van der Waals surface area contributed by atoms with E-state index in [-0.39, 0.29) is 0 Å². The van der Waals surface area contributed by atoms with Crippen LogP contribution in [0.3, 0.4) is 0 Å². The van der Waals surface area contributed by atoms with Gasteiger partial charge in [0.25, 0.3) is 0 Å². The zero-order valence-electron chi connectivity index (χ0n) is 39.1. The van der Waals surface area contributed by atoms with E-state index in [9.17, 15) is 0 Å². The maximum Gasteiger partial charge on any atom is 0.0468 e. The summed E-state index contributed by atoms with van der Waals surface area (Å²) in [5, 5.41) is 9.78. The molecule has 0 amide bonds. The van der Waals surface area contributed by atoms with Crippen molar-refractivity contribution in [2.45, 2.75) is 24.7 Å². The lowest BCUT2D eigenvalue weighted by atomic mass is 9.56. The van der Waals surface area contributed by atoms with Gasteiger partial charge in [0.1, 0.15) is 0 Å². The minimum atomic E-state index is -0.496. The van der Waals surface area contributed by atoms with Crippen LogP contribution in [-0.4, -0.2) is 0 Å². The van der Waals surface area contributed by atoms with Crippen molar-refractivity contribution in [3.8, 4) is 22.3 Å². The second-order valence-corrected chi connectivity index (χ2v) is 19.6. The number of rotatable bonds is 7. The van der Waals surface area contributed by atoms with Crippen molar-refractivity contribution in [1.29, 1.82) is 0 Å². The number of anilines is 6. The lowest BCUT2D eigenvalue weighted by molar-refractivity contribution is 0.376. The fraction of sp³-hybridized carbons (Fsp3) is 0.0588. The van der Waals surface area contributed by atoms with Gasteiger partial charge < -0.3 is 9.80 Å². The summed E-state index contributed by atoms with van der Waals surface area (Å²) in [5.74, 6) is 0. The second kappa shape index (κ2) is 15.4. The van der Waals surface area contributed by atoms with Gasteiger partial charge in [0.15, 0.2) is 0 Å². The van der Waals surface area contributed by atoms with Gasteiger partial charge >= 0.3 is 0 Å². The Balaban J connectivity index is 0.997. The van der Waals surface area contributed by atoms with Crippen LogP contribution in [0.5, 0.6) is 0 Å². The lowest BCUT2D eigenvalue weighted by Gasteiger charge is -2.45. The van der Waals surface area contributed by atoms with Crippen LogP contribution in [-0.2, 0) is 10.8 Å². The molecule has 12 aromatic rings. The van der Waals surface area contributed by atoms with Crippen molar-refractivity contribution in [2.24, 2.45) is 0 Å². The first-order valence-corrected chi connectivity index (χ1v) is 24.5. The van der Waals surface area contributed by atoms with Gasteiger partial charge in [0, 0.05) is 45.0 Å². The number of benzene rings is 12. The van der Waals surface area contributed by atoms with E-state index in [4.69, 9.17) is 0 Å². The van der Waals surface area contributed by atoms with Crippen LogP contribution >= 0.6 is 0 Å². The number of nitrogens with zero attached hydrogens (tertiary/aromatic N) is 2. The largest absolute Gasteiger partial charge is 0.310 e. The molecule has 0 fully saturated rings. The molecule has 0 aromatic heterocycles. The van der Waals surface area contributed by atoms with Crippen molar-refractivity contribution in [1.82, 2.24) is 0 Å². The highest BCUT2D eigenvalue weighted by Gasteiger charge is 2.57. The zero-order chi connectivity index (χ0) is 46.6. The second-order valence-electron chi connectivity index (χ2n) is 19.6. The van der Waals surface area contributed by atoms with Gasteiger partial charge in [-0.15, -0.1) is 0 Å². The predicted octanol–water partition coefficient (Wildman–Crippen LogP) is 18.5. The summed E-state index contributed by atoms with van der Waals surface area (Å²) in [5.41, 5.74) is 16.3. The quantitative estimate of drug-likeness (QED) is 0.157. The molecule has 12 aromatic carbocycles. The fourth-order valence-electron chi connectivity index (χ4n) is 12.5. The molecule has 0 N–H and O–H groups in total. The van der Waals surface area contributed by atoms with E-state index in [2.05, 4.69) is 278 Å². The van der Waals surface area contributed by atoms with Gasteiger partial charge in [-0.2, -0.15) is 0 Å². The molecule has 0 saturated carbocycles. The van der Waals surface area contributed by atoms with Crippen molar-refractivity contribution in [2.75, 3.05) is 9.80 Å². The Morgan fingerprint density at radius 3 is 0.786 bits per heavy atom. The fourth-order valence-corrected chi connectivity index (χ4v) is 12.5. The van der Waals surface area contributed by atoms with Gasteiger partial charge in [-0.1, -0.05) is 196 Å². The summed E-state index contributed by atoms with van der Waals surface area (Å²) in [7, 11) is 0. The van der Waals surface area contributed by atoms with E-state index in [0.29, 0.717) is 0 Å². The molecular weight excluding hydrogens is 845 g/mol. The normalized spacial score (nSPS) is 16.5. The van der Waals surface area contributed by atoms with Crippen LogP contribution in [0.15, 0.2) is 255 Å². The van der Waals surface area contributed by atoms with Crippen LogP contribution in [0, 0.1) is 0 Å². The molecular formula is C68H48N2. The van der Waals surface area contributed by atoms with E-state index in [1.165, 1.54) is 87.6 Å². The van der Waals surface area contributed by atoms with Crippen LogP contribution in [0.2, 0.25) is 0 Å². The van der Waals surface area contributed by atoms with Gasteiger partial charge in [0.05, 0.1) is 0 Å². The molecule has 70 heavy (non-hydrogen) atoms. The Kier molecular flexibility index (Phi) is 8.88. The molecule has 0 bridgehead atoms. The van der Waals surface area contributed by atoms with E-state index in [1.54, 1.807) is 0 Å². The third-order valence-electron chi connectivity index (χ3n) is 16.1. The van der Waals surface area contributed by atoms with Gasteiger partial charge in [-0.3, -0.25) is 0 Å². The Morgan fingerprint density at radius 2 is 0.457 bits per heavy atom. The molecule has 2 nitrogen and oxygen atoms in total. The summed E-state index contributed by atoms with van der Waals surface area (Å²) in [6.07, 6.45) is 0. The molecule has 2 atom stereocenters. The molecule has 0 spiro atoms. The predicted molar refractivity (Wildman–Crippen MR) is 296 cm³/mol. The summed E-state index contributed by atoms with van der Waals surface area (Å²) in [4.78, 5) is 4.93. The molecule has 0 heterocycles. The van der Waals surface area contributed by atoms with Crippen LogP contribution in [0.1, 0.15) is 36.1 Å². The summed E-state index contributed by atoms with van der Waals surface area (Å²) >= 11 is 0. The molecule has 2 aliphatic rings. The first kappa shape index (κ1) is 40.4. The van der Waals surface area contributed by atoms with Crippen molar-refractivity contribution < 1.29 is 0 Å². The SMILES string of the molecule is CC1(C2(C)c3ccccc3-c3ccc(N(c4ccc5ccccc5c4)c4ccc5ccccc5c4)cc32)c2ccccc2-c2ccc(N(c3ccc4ccccc4c3)c3ccc4ccccc4c3)cc21. The molecule has 14 rings (SSSR count). The highest BCUT2D eigenvalue weighted by Crippen LogP contribution is 2.66. The first-order chi connectivity index (χ1) is 34.4. The van der Waals surface area contributed by atoms with E-state index >= 15 is 0 Å². The maximum absolute atomic E-state index is 2.53. The minimum absolute atomic E-state index is 0.496. The molecule has 2 aliphatic carbocycles. The zero-order valence-corrected chi connectivity index (χ0v) is 39.1. The first-order valence-electron chi connectivity index (χ1n) is 24.5. The Morgan fingerprint density at radius 1 is 0.214 bits per heavy atom. The van der Waals surface area contributed by atoms with Crippen LogP contribution < -0.4 is 9.80 Å². The molecule has 0 saturated heterocycles. The van der Waals surface area contributed by atoms with Crippen LogP contribution in [0.4, 0.5) is 34.1 Å². The monoisotopic (exact) mass is 892 g/mol. The highest BCUT2D eigenvalue weighted by molar-refractivity contribution is 5.97. The Labute approximate surface area is 409 Å². The average Bonchev–Trinajstić information content (AvgIpc) is 3.84. The van der Waals surface area contributed by atoms with Crippen molar-refractivity contribution in [3.63, 3.8) is 0 Å². The Hall–Kier alpha value is -8.72. The lowest BCUT2D eigenvalue weighted by Crippen LogP contribution is -2.44. The molecule has 0 aliphatic heterocycles. The summed E-state index contributed by atoms with van der Waals surface area (Å²) in [6.45, 7) is 5.06. The van der Waals surface area contributed by atoms with E-state index < -0.39 is 10.8 Å². The van der Waals surface area contributed by atoms with Crippen LogP contribution in [0.25, 0.3) is 65.3 Å². The highest BCUT2D eigenvalue weighted by atomic mass is 15.1.